The lowest BCUT2D eigenvalue weighted by Crippen LogP contribution is -2.24. The zero-order chi connectivity index (χ0) is 14.3. The van der Waals surface area contributed by atoms with Crippen LogP contribution in [0.25, 0.3) is 0 Å². The van der Waals surface area contributed by atoms with Crippen LogP contribution in [0.4, 0.5) is 0 Å². The molecule has 0 fully saturated rings. The number of nitrogens with zero attached hydrogens (tertiary/aromatic N) is 2. The molecule has 0 unspecified atom stereocenters. The van der Waals surface area contributed by atoms with E-state index < -0.39 is 0 Å². The molecule has 0 radical (unpaired) electrons. The molecule has 0 aliphatic heterocycles. The smallest absolute Gasteiger partial charge is 0.125 e. The van der Waals surface area contributed by atoms with Crippen LogP contribution in [0.1, 0.15) is 11.1 Å². The number of benzene rings is 1. The number of hydrogen-bond donors (Lipinski definition) is 2. The Hall–Kier alpha value is -0.650. The number of aliphatic imine (C=N–C) groups is 1. The van der Waals surface area contributed by atoms with Gasteiger partial charge in [0.15, 0.2) is 0 Å². The minimum absolute atomic E-state index is 0.303. The third-order valence-corrected chi connectivity index (χ3v) is 3.73. The molecule has 0 heterocycles. The van der Waals surface area contributed by atoms with Gasteiger partial charge >= 0.3 is 0 Å². The first-order chi connectivity index (χ1) is 9.08. The molecule has 0 saturated heterocycles. The first-order valence-corrected chi connectivity index (χ1v) is 8.12. The maximum atomic E-state index is 9.97. The monoisotopic (exact) mass is 298 g/mol. The molecule has 3 nitrogen and oxygen atoms in total. The molecule has 1 aromatic carbocycles. The van der Waals surface area contributed by atoms with Crippen LogP contribution in [0.3, 0.4) is 0 Å². The van der Waals surface area contributed by atoms with Crippen molar-refractivity contribution in [3.8, 4) is 5.75 Å². The topological polar surface area (TPSA) is 35.8 Å². The van der Waals surface area contributed by atoms with Gasteiger partial charge in [-0.2, -0.15) is 12.6 Å². The second kappa shape index (κ2) is 8.51. The fourth-order valence-electron chi connectivity index (χ4n) is 1.69. The summed E-state index contributed by atoms with van der Waals surface area (Å²) in [5.74, 6) is 1.16. The summed E-state index contributed by atoms with van der Waals surface area (Å²) in [7, 11) is 2.06. The molecule has 0 spiro atoms. The van der Waals surface area contributed by atoms with E-state index in [-0.39, 0.29) is 0 Å². The second-order valence-corrected chi connectivity index (χ2v) is 5.68. The van der Waals surface area contributed by atoms with E-state index >= 15 is 0 Å². The van der Waals surface area contributed by atoms with Gasteiger partial charge in [0.2, 0.25) is 0 Å². The molecular formula is C14H22N2OS2. The predicted molar refractivity (Wildman–Crippen MR) is 89.1 cm³/mol. The number of likely N-dealkylation sites (N-methyl/N-ethyl adjacent to an activating group) is 1. The average molecular weight is 298 g/mol. The van der Waals surface area contributed by atoms with Gasteiger partial charge in [-0.1, -0.05) is 6.07 Å². The lowest BCUT2D eigenvalue weighted by Gasteiger charge is -2.14. The van der Waals surface area contributed by atoms with Gasteiger partial charge in [-0.15, -0.1) is 11.8 Å². The number of thiol groups is 1. The van der Waals surface area contributed by atoms with E-state index in [4.69, 9.17) is 0 Å². The molecule has 1 aromatic rings. The van der Waals surface area contributed by atoms with Gasteiger partial charge in [0.05, 0.1) is 6.54 Å². The van der Waals surface area contributed by atoms with E-state index in [9.17, 15) is 5.11 Å². The molecule has 0 atom stereocenters. The molecule has 0 aliphatic carbocycles. The summed E-state index contributed by atoms with van der Waals surface area (Å²) in [5.41, 5.74) is 1.87. The maximum absolute atomic E-state index is 9.97. The van der Waals surface area contributed by atoms with E-state index in [2.05, 4.69) is 29.6 Å². The Morgan fingerprint density at radius 1 is 1.42 bits per heavy atom. The van der Waals surface area contributed by atoms with Gasteiger partial charge in [0.1, 0.15) is 10.8 Å². The van der Waals surface area contributed by atoms with Gasteiger partial charge in [-0.25, -0.2) is 0 Å². The summed E-state index contributed by atoms with van der Waals surface area (Å²) in [6, 6.07) is 5.69. The summed E-state index contributed by atoms with van der Waals surface area (Å²) in [5, 5.41) is 10.9. The Morgan fingerprint density at radius 3 is 2.74 bits per heavy atom. The van der Waals surface area contributed by atoms with Crippen LogP contribution in [-0.4, -0.2) is 53.7 Å². The molecule has 106 valence electrons. The van der Waals surface area contributed by atoms with E-state index in [0.717, 1.165) is 41.6 Å². The van der Waals surface area contributed by atoms with Crippen molar-refractivity contribution in [3.05, 3.63) is 29.3 Å². The van der Waals surface area contributed by atoms with E-state index in [1.165, 1.54) is 0 Å². The molecule has 1 rings (SSSR count). The molecule has 19 heavy (non-hydrogen) atoms. The molecular weight excluding hydrogens is 276 g/mol. The van der Waals surface area contributed by atoms with Crippen molar-refractivity contribution < 1.29 is 5.11 Å². The summed E-state index contributed by atoms with van der Waals surface area (Å²) in [6.45, 7) is 4.56. The number of thioether (sulfide) groups is 1. The molecule has 0 aliphatic rings. The Kier molecular flexibility index (Phi) is 7.34. The van der Waals surface area contributed by atoms with Crippen LogP contribution in [0.2, 0.25) is 0 Å². The number of aromatic hydroxyl groups is 1. The number of rotatable bonds is 6. The standard InChI is InChI=1S/C14H22N2OS2/c1-11-4-5-12(13(17)10-11)14(19-3)15-6-7-16(2)8-9-18/h4-5,10,17-18H,6-9H2,1-3H3/b15-14-. The fraction of sp³-hybridized carbons (Fsp3) is 0.500. The highest BCUT2D eigenvalue weighted by Crippen LogP contribution is 2.23. The Labute approximate surface area is 125 Å². The first-order valence-electron chi connectivity index (χ1n) is 6.26. The van der Waals surface area contributed by atoms with Crippen LogP contribution < -0.4 is 0 Å². The van der Waals surface area contributed by atoms with Crippen molar-refractivity contribution in [1.82, 2.24) is 4.90 Å². The van der Waals surface area contributed by atoms with Crippen LogP contribution >= 0.6 is 24.4 Å². The highest BCUT2D eigenvalue weighted by molar-refractivity contribution is 8.13. The SMILES string of the molecule is CS/C(=N\CCN(C)CCS)c1ccc(C)cc1O. The lowest BCUT2D eigenvalue weighted by atomic mass is 10.1. The zero-order valence-corrected chi connectivity index (χ0v) is 13.5. The van der Waals surface area contributed by atoms with Crippen molar-refractivity contribution in [1.29, 1.82) is 0 Å². The number of phenols is 1. The quantitative estimate of drug-likeness (QED) is 0.481. The van der Waals surface area contributed by atoms with Gasteiger partial charge < -0.3 is 10.0 Å². The first kappa shape index (κ1) is 16.4. The third-order valence-electron chi connectivity index (χ3n) is 2.80. The van der Waals surface area contributed by atoms with Crippen LogP contribution in [0.5, 0.6) is 5.75 Å². The minimum atomic E-state index is 0.303. The van der Waals surface area contributed by atoms with Gasteiger partial charge in [0, 0.05) is 24.4 Å². The van der Waals surface area contributed by atoms with Crippen LogP contribution in [-0.2, 0) is 0 Å². The minimum Gasteiger partial charge on any atom is -0.507 e. The molecule has 0 saturated carbocycles. The fourth-order valence-corrected chi connectivity index (χ4v) is 2.64. The van der Waals surface area contributed by atoms with Gasteiger partial charge in [-0.05, 0) is 37.9 Å². The van der Waals surface area contributed by atoms with Gasteiger partial charge in [0.25, 0.3) is 0 Å². The summed E-state index contributed by atoms with van der Waals surface area (Å²) >= 11 is 5.77. The van der Waals surface area contributed by atoms with Crippen molar-refractivity contribution in [2.24, 2.45) is 4.99 Å². The summed E-state index contributed by atoms with van der Waals surface area (Å²) in [6.07, 6.45) is 1.98. The number of phenolic OH excluding ortho intramolecular Hbond substituents is 1. The van der Waals surface area contributed by atoms with Crippen molar-refractivity contribution in [2.75, 3.05) is 38.7 Å². The molecule has 0 bridgehead atoms. The summed E-state index contributed by atoms with van der Waals surface area (Å²) in [4.78, 5) is 6.78. The molecule has 0 aromatic heterocycles. The molecule has 1 N–H and O–H groups in total. The van der Waals surface area contributed by atoms with E-state index in [1.54, 1.807) is 17.8 Å². The third kappa shape index (κ3) is 5.47. The summed E-state index contributed by atoms with van der Waals surface area (Å²) < 4.78 is 0. The van der Waals surface area contributed by atoms with Gasteiger partial charge in [-0.3, -0.25) is 4.99 Å². The normalized spacial score (nSPS) is 12.2. The zero-order valence-electron chi connectivity index (χ0n) is 11.8. The van der Waals surface area contributed by atoms with E-state index in [1.807, 2.05) is 25.3 Å². The van der Waals surface area contributed by atoms with Crippen LogP contribution in [0, 0.1) is 6.92 Å². The molecule has 0 amide bonds. The number of aryl methyl sites for hydroxylation is 1. The van der Waals surface area contributed by atoms with Crippen molar-refractivity contribution in [2.45, 2.75) is 6.92 Å². The van der Waals surface area contributed by atoms with Crippen molar-refractivity contribution in [3.63, 3.8) is 0 Å². The van der Waals surface area contributed by atoms with Crippen molar-refractivity contribution >= 4 is 29.4 Å². The predicted octanol–water partition coefficient (Wildman–Crippen LogP) is 2.67. The number of hydrogen-bond acceptors (Lipinski definition) is 5. The molecule has 5 heteroatoms. The Bertz CT molecular complexity index is 435. The maximum Gasteiger partial charge on any atom is 0.125 e. The van der Waals surface area contributed by atoms with E-state index in [0.29, 0.717) is 5.75 Å². The highest BCUT2D eigenvalue weighted by atomic mass is 32.2. The second-order valence-electron chi connectivity index (χ2n) is 4.44. The lowest BCUT2D eigenvalue weighted by molar-refractivity contribution is 0.367. The Morgan fingerprint density at radius 2 is 2.16 bits per heavy atom. The van der Waals surface area contributed by atoms with Crippen LogP contribution in [0.15, 0.2) is 23.2 Å². The largest absolute Gasteiger partial charge is 0.507 e. The average Bonchev–Trinajstić information content (AvgIpc) is 2.36. The highest BCUT2D eigenvalue weighted by Gasteiger charge is 2.08. The Balaban J connectivity index is 2.71.